The lowest BCUT2D eigenvalue weighted by Gasteiger charge is -2.17. The Morgan fingerprint density at radius 3 is 1.37 bits per heavy atom. The summed E-state index contributed by atoms with van der Waals surface area (Å²) < 4.78 is 87.6. The van der Waals surface area contributed by atoms with Gasteiger partial charge in [-0.25, -0.2) is 0 Å². The van der Waals surface area contributed by atoms with Crippen molar-refractivity contribution in [2.75, 3.05) is 6.79 Å². The fourth-order valence-corrected chi connectivity index (χ4v) is 2.09. The number of carbonyl (C=O) groups excluding carboxylic acids is 2. The van der Waals surface area contributed by atoms with E-state index in [0.717, 1.165) is 24.3 Å². The van der Waals surface area contributed by atoms with Gasteiger partial charge in [-0.2, -0.15) is 26.3 Å². The Bertz CT molecular complexity index is 773. The lowest BCUT2D eigenvalue weighted by molar-refractivity contribution is -0.139. The number of carbonyl (C=O) groups is 2. The van der Waals surface area contributed by atoms with E-state index in [1.165, 1.54) is 0 Å². The summed E-state index contributed by atoms with van der Waals surface area (Å²) in [7, 11) is 0. The van der Waals surface area contributed by atoms with E-state index in [0.29, 0.717) is 12.1 Å². The molecule has 0 fully saturated rings. The third kappa shape index (κ3) is 4.99. The highest BCUT2D eigenvalue weighted by Gasteiger charge is 2.36. The zero-order valence-electron chi connectivity index (χ0n) is 13.2. The minimum atomic E-state index is -4.85. The van der Waals surface area contributed by atoms with E-state index in [-0.39, 0.29) is 23.7 Å². The van der Waals surface area contributed by atoms with Crippen LogP contribution in [0.2, 0.25) is 0 Å². The Hall–Kier alpha value is -3.04. The van der Waals surface area contributed by atoms with Crippen molar-refractivity contribution in [1.29, 1.82) is 0 Å². The summed E-state index contributed by atoms with van der Waals surface area (Å²) in [5.74, 6) is -1.43. The molecule has 144 valence electrons. The molecule has 0 unspecified atom stereocenters. The minimum absolute atomic E-state index is 0.208. The minimum Gasteiger partial charge on any atom is -0.457 e. The van der Waals surface area contributed by atoms with E-state index in [2.05, 4.69) is 0 Å². The maximum absolute atomic E-state index is 13.0. The van der Waals surface area contributed by atoms with Gasteiger partial charge in [0.15, 0.2) is 0 Å². The number of hydrogen-bond acceptors (Lipinski definition) is 4. The van der Waals surface area contributed by atoms with Crippen molar-refractivity contribution in [2.24, 2.45) is 0 Å². The van der Waals surface area contributed by atoms with Crippen molar-refractivity contribution < 1.29 is 45.4 Å². The van der Waals surface area contributed by atoms with Crippen molar-refractivity contribution >= 4 is 12.6 Å². The fraction of sp³-hybridized carbons (Fsp3) is 0.176. The first-order chi connectivity index (χ1) is 12.6. The van der Waals surface area contributed by atoms with Gasteiger partial charge in [-0.15, -0.1) is 0 Å². The van der Waals surface area contributed by atoms with Crippen LogP contribution in [-0.2, 0) is 12.4 Å². The SMILES string of the molecule is O=Cc1ccc(OCOc2ccc(C=O)cc2C(F)(F)F)c(C(F)(F)F)c1. The lowest BCUT2D eigenvalue weighted by Crippen LogP contribution is -2.15. The first kappa shape index (κ1) is 20.3. The standard InChI is InChI=1S/C17H10F6O4/c18-16(19,20)12-5-10(7-24)1-3-14(12)26-9-27-15-4-2-11(8-25)6-13(15)17(21,22)23/h1-8H,9H2. The van der Waals surface area contributed by atoms with Gasteiger partial charge >= 0.3 is 12.4 Å². The van der Waals surface area contributed by atoms with Crippen molar-refractivity contribution in [3.05, 3.63) is 58.7 Å². The van der Waals surface area contributed by atoms with Crippen LogP contribution in [0.15, 0.2) is 36.4 Å². The molecule has 0 amide bonds. The lowest BCUT2D eigenvalue weighted by atomic mass is 10.1. The number of benzene rings is 2. The van der Waals surface area contributed by atoms with Crippen LogP contribution in [0.5, 0.6) is 11.5 Å². The number of hydrogen-bond donors (Lipinski definition) is 0. The number of halogens is 6. The molecular formula is C17H10F6O4. The van der Waals surface area contributed by atoms with Gasteiger partial charge in [0.2, 0.25) is 6.79 Å². The average molecular weight is 392 g/mol. The molecular weight excluding hydrogens is 382 g/mol. The third-order valence-corrected chi connectivity index (χ3v) is 3.32. The smallest absolute Gasteiger partial charge is 0.419 e. The number of ether oxygens (including phenoxy) is 2. The van der Waals surface area contributed by atoms with E-state index in [4.69, 9.17) is 9.47 Å². The molecule has 10 heteroatoms. The molecule has 27 heavy (non-hydrogen) atoms. The summed E-state index contributed by atoms with van der Waals surface area (Å²) in [5, 5.41) is 0. The predicted octanol–water partition coefficient (Wildman–Crippen LogP) is 4.76. The molecule has 0 aromatic heterocycles. The van der Waals surface area contributed by atoms with Crippen LogP contribution in [0.25, 0.3) is 0 Å². The maximum atomic E-state index is 13.0. The second-order valence-electron chi connectivity index (χ2n) is 5.15. The molecule has 2 aromatic rings. The quantitative estimate of drug-likeness (QED) is 0.404. The van der Waals surface area contributed by atoms with Crippen molar-refractivity contribution in [3.63, 3.8) is 0 Å². The summed E-state index contributed by atoms with van der Waals surface area (Å²) in [6.07, 6.45) is -9.28. The van der Waals surface area contributed by atoms with Gasteiger partial charge in [0.05, 0.1) is 11.1 Å². The van der Waals surface area contributed by atoms with Crippen molar-refractivity contribution in [3.8, 4) is 11.5 Å². The van der Waals surface area contributed by atoms with Crippen LogP contribution in [-0.4, -0.2) is 19.4 Å². The molecule has 0 spiro atoms. The molecule has 0 aliphatic carbocycles. The molecule has 4 nitrogen and oxygen atoms in total. The number of rotatable bonds is 6. The van der Waals surface area contributed by atoms with E-state index in [1.54, 1.807) is 0 Å². The van der Waals surface area contributed by atoms with E-state index >= 15 is 0 Å². The third-order valence-electron chi connectivity index (χ3n) is 3.32. The molecule has 0 bridgehead atoms. The number of aldehydes is 2. The maximum Gasteiger partial charge on any atom is 0.419 e. The van der Waals surface area contributed by atoms with E-state index in [1.807, 2.05) is 0 Å². The topological polar surface area (TPSA) is 52.6 Å². The Morgan fingerprint density at radius 1 is 0.704 bits per heavy atom. The zero-order valence-corrected chi connectivity index (χ0v) is 13.2. The van der Waals surface area contributed by atoms with Gasteiger partial charge < -0.3 is 9.47 Å². The van der Waals surface area contributed by atoms with Crippen LogP contribution in [0.1, 0.15) is 31.8 Å². The second kappa shape index (κ2) is 7.68. The fourth-order valence-electron chi connectivity index (χ4n) is 2.09. The van der Waals surface area contributed by atoms with E-state index < -0.39 is 41.8 Å². The van der Waals surface area contributed by atoms with Gasteiger partial charge in [0.1, 0.15) is 24.1 Å². The van der Waals surface area contributed by atoms with Crippen LogP contribution in [0.3, 0.4) is 0 Å². The summed E-state index contributed by atoms with van der Waals surface area (Å²) in [5.41, 5.74) is -3.05. The first-order valence-corrected chi connectivity index (χ1v) is 7.14. The highest BCUT2D eigenvalue weighted by atomic mass is 19.4. The van der Waals surface area contributed by atoms with E-state index in [9.17, 15) is 35.9 Å². The number of alkyl halides is 6. The Morgan fingerprint density at radius 2 is 1.07 bits per heavy atom. The van der Waals surface area contributed by atoms with Crippen LogP contribution >= 0.6 is 0 Å². The molecule has 0 saturated heterocycles. The largest absolute Gasteiger partial charge is 0.457 e. The Balaban J connectivity index is 2.22. The zero-order chi connectivity index (χ0) is 20.2. The van der Waals surface area contributed by atoms with Crippen molar-refractivity contribution in [2.45, 2.75) is 12.4 Å². The molecule has 0 aliphatic heterocycles. The molecule has 0 N–H and O–H groups in total. The average Bonchev–Trinajstić information content (AvgIpc) is 2.60. The highest BCUT2D eigenvalue weighted by Crippen LogP contribution is 2.38. The van der Waals surface area contributed by atoms with Gasteiger partial charge in [-0.3, -0.25) is 9.59 Å². The second-order valence-corrected chi connectivity index (χ2v) is 5.15. The van der Waals surface area contributed by atoms with Crippen LogP contribution in [0, 0.1) is 0 Å². The molecule has 0 heterocycles. The summed E-state index contributed by atoms with van der Waals surface area (Å²) in [6, 6.07) is 4.91. The van der Waals surface area contributed by atoms with Crippen molar-refractivity contribution in [1.82, 2.24) is 0 Å². The molecule has 2 rings (SSSR count). The molecule has 2 aromatic carbocycles. The first-order valence-electron chi connectivity index (χ1n) is 7.14. The monoisotopic (exact) mass is 392 g/mol. The Labute approximate surface area is 148 Å². The predicted molar refractivity (Wildman–Crippen MR) is 79.8 cm³/mol. The normalized spacial score (nSPS) is 11.8. The molecule has 0 aliphatic rings. The van der Waals surface area contributed by atoms with Crippen LogP contribution < -0.4 is 9.47 Å². The molecule has 0 atom stereocenters. The molecule has 0 saturated carbocycles. The molecule has 0 radical (unpaired) electrons. The van der Waals surface area contributed by atoms with Gasteiger partial charge in [-0.05, 0) is 36.4 Å². The summed E-state index contributed by atoms with van der Waals surface area (Å²) >= 11 is 0. The summed E-state index contributed by atoms with van der Waals surface area (Å²) in [4.78, 5) is 21.2. The van der Waals surface area contributed by atoms with Crippen LogP contribution in [0.4, 0.5) is 26.3 Å². The van der Waals surface area contributed by atoms with Gasteiger partial charge in [0, 0.05) is 11.1 Å². The van der Waals surface area contributed by atoms with Gasteiger partial charge in [0.25, 0.3) is 0 Å². The van der Waals surface area contributed by atoms with Gasteiger partial charge in [-0.1, -0.05) is 0 Å². The summed E-state index contributed by atoms with van der Waals surface area (Å²) in [6.45, 7) is -0.965. The Kier molecular flexibility index (Phi) is 5.77. The highest BCUT2D eigenvalue weighted by molar-refractivity contribution is 5.76.